The van der Waals surface area contributed by atoms with Crippen molar-refractivity contribution in [1.82, 2.24) is 30.2 Å². The van der Waals surface area contributed by atoms with Crippen LogP contribution in [-0.2, 0) is 50.7 Å². The summed E-state index contributed by atoms with van der Waals surface area (Å²) in [6, 6.07) is 0. The van der Waals surface area contributed by atoms with Gasteiger partial charge in [-0.2, -0.15) is 4.31 Å². The number of nitrogens with zero attached hydrogens (tertiary/aromatic N) is 4. The van der Waals surface area contributed by atoms with E-state index in [4.69, 9.17) is 19.5 Å². The summed E-state index contributed by atoms with van der Waals surface area (Å²) in [6.07, 6.45) is -5.45. The first kappa shape index (κ1) is 52.8. The second-order valence-electron chi connectivity index (χ2n) is 14.5. The maximum atomic E-state index is 12.7. The molecule has 2 aromatic rings. The number of fused-ring (bicyclic) bond motifs is 1. The molecule has 30 heteroatoms. The predicted molar refractivity (Wildman–Crippen MR) is 212 cm³/mol. The van der Waals surface area contributed by atoms with Crippen LogP contribution in [0.2, 0.25) is 0 Å². The highest BCUT2D eigenvalue weighted by atomic mass is 32.2. The number of nitrogens with one attached hydrogen (secondary N) is 2. The highest BCUT2D eigenvalue weighted by molar-refractivity contribution is 8.13. The number of hydrogen-bond acceptors (Lipinski definition) is 20. The zero-order valence-electron chi connectivity index (χ0n) is 33.4. The maximum absolute atomic E-state index is 12.7. The number of amides is 2. The molecule has 1 saturated heterocycles. The second-order valence-corrected chi connectivity index (χ2v) is 19.9. The van der Waals surface area contributed by atoms with Crippen molar-refractivity contribution in [1.29, 1.82) is 0 Å². The second kappa shape index (κ2) is 23.4. The van der Waals surface area contributed by atoms with Crippen LogP contribution in [0, 0.1) is 5.41 Å². The summed E-state index contributed by atoms with van der Waals surface area (Å²) in [7, 11) is -16.4. The Morgan fingerprint density at radius 2 is 1.69 bits per heavy atom. The number of thioether (sulfide) groups is 1. The molecule has 61 heavy (non-hydrogen) atoms. The number of aromatic nitrogens is 4. The highest BCUT2D eigenvalue weighted by Crippen LogP contribution is 2.61. The van der Waals surface area contributed by atoms with Gasteiger partial charge in [-0.25, -0.2) is 28.6 Å². The lowest BCUT2D eigenvalue weighted by Crippen LogP contribution is -2.46. The number of rotatable bonds is 27. The van der Waals surface area contributed by atoms with Crippen molar-refractivity contribution < 1.29 is 90.7 Å². The van der Waals surface area contributed by atoms with Gasteiger partial charge in [-0.1, -0.05) is 51.8 Å². The Morgan fingerprint density at radius 1 is 1.00 bits per heavy atom. The molecule has 0 radical (unpaired) electrons. The van der Waals surface area contributed by atoms with Crippen LogP contribution in [0.15, 0.2) is 12.7 Å². The maximum Gasteiger partial charge on any atom is 0.481 e. The number of hydrogen-bond donors (Lipinski definition) is 11. The Morgan fingerprint density at radius 3 is 2.36 bits per heavy atom. The van der Waals surface area contributed by atoms with Crippen molar-refractivity contribution in [2.45, 2.75) is 109 Å². The van der Waals surface area contributed by atoms with Crippen LogP contribution in [0.4, 0.5) is 5.82 Å². The third kappa shape index (κ3) is 17.5. The van der Waals surface area contributed by atoms with E-state index in [1.165, 1.54) is 13.8 Å². The fourth-order valence-corrected chi connectivity index (χ4v) is 9.26. The molecule has 26 nitrogen and oxygen atoms in total. The van der Waals surface area contributed by atoms with Gasteiger partial charge in [-0.05, 0) is 12.8 Å². The molecular formula is C31H54N7O19P3S. The van der Waals surface area contributed by atoms with Crippen LogP contribution in [0.1, 0.15) is 71.9 Å². The highest BCUT2D eigenvalue weighted by Gasteiger charge is 2.50. The van der Waals surface area contributed by atoms with Gasteiger partial charge in [0, 0.05) is 37.1 Å². The van der Waals surface area contributed by atoms with Crippen molar-refractivity contribution >= 4 is 69.1 Å². The average Bonchev–Trinajstić information content (AvgIpc) is 3.71. The number of carbonyl (C=O) groups excluding carboxylic acids is 3. The van der Waals surface area contributed by atoms with Gasteiger partial charge in [0.05, 0.1) is 31.7 Å². The van der Waals surface area contributed by atoms with Gasteiger partial charge in [0.2, 0.25) is 11.8 Å². The Labute approximate surface area is 353 Å². The van der Waals surface area contributed by atoms with Crippen LogP contribution in [0.25, 0.3) is 11.2 Å². The fourth-order valence-electron chi connectivity index (χ4n) is 5.69. The lowest BCUT2D eigenvalue weighted by atomic mass is 9.87. The van der Waals surface area contributed by atoms with E-state index < -0.39 is 96.8 Å². The average molecular weight is 954 g/mol. The third-order valence-electron chi connectivity index (χ3n) is 8.85. The zero-order valence-corrected chi connectivity index (χ0v) is 36.9. The van der Waals surface area contributed by atoms with Crippen LogP contribution >= 0.6 is 35.2 Å². The third-order valence-corrected chi connectivity index (χ3v) is 12.8. The van der Waals surface area contributed by atoms with E-state index in [-0.39, 0.29) is 60.2 Å². The van der Waals surface area contributed by atoms with E-state index in [9.17, 15) is 68.1 Å². The van der Waals surface area contributed by atoms with Gasteiger partial charge < -0.3 is 61.1 Å². The van der Waals surface area contributed by atoms with Gasteiger partial charge >= 0.3 is 23.5 Å². The smallest absolute Gasteiger partial charge is 0.393 e. The zero-order chi connectivity index (χ0) is 45.8. The lowest BCUT2D eigenvalue weighted by Gasteiger charge is -2.30. The Bertz CT molecular complexity index is 1920. The molecule has 1 aliphatic rings. The summed E-state index contributed by atoms with van der Waals surface area (Å²) in [5.41, 5.74) is 4.22. The summed E-state index contributed by atoms with van der Waals surface area (Å²) in [5.74, 6) is -1.35. The van der Waals surface area contributed by atoms with Gasteiger partial charge in [-0.15, -0.1) is 0 Å². The van der Waals surface area contributed by atoms with Crippen LogP contribution in [0.3, 0.4) is 0 Å². The minimum Gasteiger partial charge on any atom is -0.393 e. The molecule has 9 atom stereocenters. The van der Waals surface area contributed by atoms with E-state index in [1.807, 2.05) is 6.92 Å². The van der Waals surface area contributed by atoms with Crippen molar-refractivity contribution in [2.24, 2.45) is 5.41 Å². The quantitative estimate of drug-likeness (QED) is 0.0406. The van der Waals surface area contributed by atoms with Crippen LogP contribution < -0.4 is 16.4 Å². The van der Waals surface area contributed by atoms with E-state index in [1.54, 1.807) is 0 Å². The first-order valence-corrected chi connectivity index (χ1v) is 24.3. The van der Waals surface area contributed by atoms with Crippen molar-refractivity contribution in [3.05, 3.63) is 12.7 Å². The number of imidazole rings is 1. The SMILES string of the molecule is CCCCCC(O)CC(O)CC(=O)SCCNC(=O)CCNC(=O)[C@H](O)C(C)(C)COP(=O)(O)OP(=O)(O)OC[C@H]1O[C@@H](n2cnc3c(N)ncnc32)[C@H](O)[C@@H]1OP(=O)(O)O. The topological polar surface area (TPSA) is 404 Å². The minimum atomic E-state index is -5.59. The molecule has 2 amide bonds. The van der Waals surface area contributed by atoms with Crippen molar-refractivity contribution in [3.8, 4) is 0 Å². The number of aliphatic hydroxyl groups excluding tert-OH is 4. The molecule has 0 spiro atoms. The summed E-state index contributed by atoms with van der Waals surface area (Å²) in [5, 5.41) is 46.1. The number of nitrogen functional groups attached to an aromatic ring is 1. The van der Waals surface area contributed by atoms with Gasteiger partial charge in [0.25, 0.3) is 0 Å². The van der Waals surface area contributed by atoms with Gasteiger partial charge in [0.1, 0.15) is 36.3 Å². The summed E-state index contributed by atoms with van der Waals surface area (Å²) in [4.78, 5) is 87.9. The number of carbonyl (C=O) groups is 3. The van der Waals surface area contributed by atoms with Gasteiger partial charge in [0.15, 0.2) is 22.8 Å². The first-order chi connectivity index (χ1) is 28.3. The Balaban J connectivity index is 1.42. The number of aliphatic hydroxyl groups is 4. The van der Waals surface area contributed by atoms with Crippen molar-refractivity contribution in [2.75, 3.05) is 37.8 Å². The number of phosphoric acid groups is 3. The molecule has 12 N–H and O–H groups in total. The molecule has 2 aromatic heterocycles. The number of anilines is 1. The molecule has 3 heterocycles. The summed E-state index contributed by atoms with van der Waals surface area (Å²) >= 11 is 0.905. The summed E-state index contributed by atoms with van der Waals surface area (Å²) < 4.78 is 62.2. The van der Waals surface area contributed by atoms with E-state index >= 15 is 0 Å². The molecule has 348 valence electrons. The molecule has 0 aliphatic carbocycles. The lowest BCUT2D eigenvalue weighted by molar-refractivity contribution is -0.137. The number of nitrogens with two attached hydrogens (primary N) is 1. The molecule has 0 saturated carbocycles. The van der Waals surface area contributed by atoms with Gasteiger partial charge in [-0.3, -0.25) is 32.5 Å². The minimum absolute atomic E-state index is 0.0222. The largest absolute Gasteiger partial charge is 0.481 e. The Hall–Kier alpha value is -2.52. The Kier molecular flexibility index (Phi) is 20.3. The monoisotopic (exact) mass is 953 g/mol. The molecule has 1 aliphatic heterocycles. The molecule has 0 aromatic carbocycles. The molecular weight excluding hydrogens is 899 g/mol. The molecule has 1 fully saturated rings. The standard InChI is InChI=1S/C31H54N7O19P3S/c1-4-5-6-7-18(39)12-19(40)13-22(42)61-11-10-33-21(41)8-9-34-29(45)26(44)31(2,3)15-54-60(51,52)57-59(49,50)53-14-20-25(56-58(46,47)48)24(43)30(55-20)38-17-37-23-27(32)35-16-36-28(23)38/h16-20,24-26,30,39-40,43-44H,4-15H2,1-3H3,(H,33,41)(H,34,45)(H,49,50)(H,51,52)(H2,32,35,36)(H2,46,47,48)/t18?,19?,20-,24-,25-,26+,30-/m1/s1. The predicted octanol–water partition coefficient (Wildman–Crippen LogP) is -0.253. The number of ether oxygens (including phenoxy) is 1. The van der Waals surface area contributed by atoms with Crippen molar-refractivity contribution in [3.63, 3.8) is 0 Å². The van der Waals surface area contributed by atoms with Crippen LogP contribution in [-0.4, -0.2) is 145 Å². The summed E-state index contributed by atoms with van der Waals surface area (Å²) in [6.45, 7) is 2.30. The van der Waals surface area contributed by atoms with Crippen LogP contribution in [0.5, 0.6) is 0 Å². The number of phosphoric ester groups is 3. The fraction of sp³-hybridized carbons (Fsp3) is 0.742. The van der Waals surface area contributed by atoms with E-state index in [0.717, 1.165) is 48.2 Å². The number of unbranched alkanes of at least 4 members (excludes halogenated alkanes) is 2. The van der Waals surface area contributed by atoms with E-state index in [2.05, 4.69) is 34.4 Å². The molecule has 0 bridgehead atoms. The molecule has 3 rings (SSSR count). The normalized spacial score (nSPS) is 22.0. The molecule has 4 unspecified atom stereocenters. The van der Waals surface area contributed by atoms with E-state index in [0.29, 0.717) is 6.42 Å². The first-order valence-electron chi connectivity index (χ1n) is 18.8.